The first-order valence-electron chi connectivity index (χ1n) is 10.3. The molecule has 3 aliphatic rings. The van der Waals surface area contributed by atoms with Crippen molar-refractivity contribution in [1.82, 2.24) is 0 Å². The molecule has 0 amide bonds. The molecule has 5 nitrogen and oxygen atoms in total. The van der Waals surface area contributed by atoms with Crippen molar-refractivity contribution < 1.29 is 23.7 Å². The zero-order valence-corrected chi connectivity index (χ0v) is 16.9. The minimum absolute atomic E-state index is 0.0144. The molecule has 2 fully saturated rings. The van der Waals surface area contributed by atoms with E-state index in [9.17, 15) is 0 Å². The fraction of sp³-hybridized carbons (Fsp3) is 0.727. The van der Waals surface area contributed by atoms with Crippen LogP contribution in [0.3, 0.4) is 0 Å². The molecule has 6 unspecified atom stereocenters. The highest BCUT2D eigenvalue weighted by Gasteiger charge is 2.37. The van der Waals surface area contributed by atoms with E-state index in [-0.39, 0.29) is 25.3 Å². The van der Waals surface area contributed by atoms with Crippen molar-refractivity contribution in [1.29, 1.82) is 0 Å². The first-order valence-corrected chi connectivity index (χ1v) is 10.3. The van der Waals surface area contributed by atoms with Gasteiger partial charge in [0.25, 0.3) is 0 Å². The Hall–Kier alpha value is -1.30. The normalized spacial score (nSPS) is 34.2. The van der Waals surface area contributed by atoms with E-state index < -0.39 is 0 Å². The monoisotopic (exact) mass is 376 g/mol. The molecule has 0 radical (unpaired) electrons. The Balaban J connectivity index is 1.36. The van der Waals surface area contributed by atoms with Gasteiger partial charge in [0.15, 0.2) is 17.8 Å². The number of fused-ring (bicyclic) bond motifs is 1. The van der Waals surface area contributed by atoms with Gasteiger partial charge in [0.1, 0.15) is 6.10 Å². The standard InChI is InChI=1S/C22H32O5/c1-13(2)17-7-5-14(3)9-19(17)26-15(4)21-11-23-22(27-21)16-6-8-18-20(10-16)25-12-24-18/h6,8,10,13-15,17,19,21-22H,5,7,9,11-12H2,1-4H3. The van der Waals surface area contributed by atoms with Gasteiger partial charge in [-0.25, -0.2) is 0 Å². The Kier molecular flexibility index (Phi) is 5.62. The predicted molar refractivity (Wildman–Crippen MR) is 102 cm³/mol. The molecule has 27 heavy (non-hydrogen) atoms. The fourth-order valence-electron chi connectivity index (χ4n) is 4.53. The lowest BCUT2D eigenvalue weighted by atomic mass is 9.75. The van der Waals surface area contributed by atoms with E-state index >= 15 is 0 Å². The van der Waals surface area contributed by atoms with Crippen molar-refractivity contribution in [2.24, 2.45) is 17.8 Å². The van der Waals surface area contributed by atoms with Crippen LogP contribution in [-0.4, -0.2) is 31.7 Å². The van der Waals surface area contributed by atoms with Gasteiger partial charge in [0.05, 0.1) is 18.8 Å². The SMILES string of the molecule is CC1CCC(C(C)C)C(OC(C)C2COC(c3ccc4c(c3)OCO4)O2)C1. The lowest BCUT2D eigenvalue weighted by Gasteiger charge is -2.39. The maximum Gasteiger partial charge on any atom is 0.231 e. The average molecular weight is 376 g/mol. The van der Waals surface area contributed by atoms with Gasteiger partial charge in [-0.15, -0.1) is 0 Å². The third kappa shape index (κ3) is 4.10. The van der Waals surface area contributed by atoms with Gasteiger partial charge in [0.2, 0.25) is 6.79 Å². The molecule has 0 spiro atoms. The van der Waals surface area contributed by atoms with Crippen LogP contribution in [0.2, 0.25) is 0 Å². The summed E-state index contributed by atoms with van der Waals surface area (Å²) in [5.41, 5.74) is 0.959. The van der Waals surface area contributed by atoms with E-state index in [1.165, 1.54) is 12.8 Å². The van der Waals surface area contributed by atoms with Crippen LogP contribution in [0.25, 0.3) is 0 Å². The molecule has 6 atom stereocenters. The van der Waals surface area contributed by atoms with E-state index in [0.717, 1.165) is 29.4 Å². The first kappa shape index (κ1) is 19.0. The van der Waals surface area contributed by atoms with Crippen molar-refractivity contribution in [3.63, 3.8) is 0 Å². The third-order valence-corrected chi connectivity index (χ3v) is 6.25. The number of hydrogen-bond acceptors (Lipinski definition) is 5. The van der Waals surface area contributed by atoms with Crippen LogP contribution < -0.4 is 9.47 Å². The van der Waals surface area contributed by atoms with Crippen molar-refractivity contribution in [2.45, 2.75) is 71.6 Å². The summed E-state index contributed by atoms with van der Waals surface area (Å²) < 4.78 is 29.5. The van der Waals surface area contributed by atoms with E-state index in [1.54, 1.807) is 0 Å². The van der Waals surface area contributed by atoms with Gasteiger partial charge in [0, 0.05) is 5.56 Å². The topological polar surface area (TPSA) is 46.2 Å². The molecular formula is C22H32O5. The molecule has 1 saturated carbocycles. The Bertz CT molecular complexity index is 646. The van der Waals surface area contributed by atoms with Crippen LogP contribution in [-0.2, 0) is 14.2 Å². The van der Waals surface area contributed by atoms with Crippen LogP contribution in [0.15, 0.2) is 18.2 Å². The third-order valence-electron chi connectivity index (χ3n) is 6.25. The second-order valence-electron chi connectivity index (χ2n) is 8.66. The Labute approximate surface area is 162 Å². The molecule has 2 heterocycles. The molecule has 150 valence electrons. The van der Waals surface area contributed by atoms with Crippen LogP contribution in [0, 0.1) is 17.8 Å². The van der Waals surface area contributed by atoms with Crippen molar-refractivity contribution in [3.05, 3.63) is 23.8 Å². The van der Waals surface area contributed by atoms with Crippen LogP contribution in [0.5, 0.6) is 11.5 Å². The van der Waals surface area contributed by atoms with Gasteiger partial charge in [-0.2, -0.15) is 0 Å². The molecule has 1 saturated heterocycles. The van der Waals surface area contributed by atoms with Gasteiger partial charge in [-0.05, 0) is 55.7 Å². The molecule has 1 aromatic rings. The molecular weight excluding hydrogens is 344 g/mol. The first-order chi connectivity index (χ1) is 13.0. The molecule has 1 aliphatic carbocycles. The molecule has 0 aromatic heterocycles. The second kappa shape index (κ2) is 7.98. The number of benzene rings is 1. The Morgan fingerprint density at radius 3 is 2.70 bits per heavy atom. The highest BCUT2D eigenvalue weighted by Crippen LogP contribution is 2.39. The highest BCUT2D eigenvalue weighted by atomic mass is 16.7. The lowest BCUT2D eigenvalue weighted by Crippen LogP contribution is -2.40. The zero-order chi connectivity index (χ0) is 19.0. The smallest absolute Gasteiger partial charge is 0.231 e. The van der Waals surface area contributed by atoms with Crippen molar-refractivity contribution in [2.75, 3.05) is 13.4 Å². The van der Waals surface area contributed by atoms with Crippen LogP contribution in [0.1, 0.15) is 58.8 Å². The molecule has 2 aliphatic heterocycles. The predicted octanol–water partition coefficient (Wildman–Crippen LogP) is 4.70. The highest BCUT2D eigenvalue weighted by molar-refractivity contribution is 5.44. The largest absolute Gasteiger partial charge is 0.454 e. The minimum atomic E-state index is -0.373. The van der Waals surface area contributed by atoms with E-state index in [1.807, 2.05) is 18.2 Å². The zero-order valence-electron chi connectivity index (χ0n) is 16.9. The number of rotatable bonds is 5. The maximum atomic E-state index is 6.53. The summed E-state index contributed by atoms with van der Waals surface area (Å²) >= 11 is 0. The number of ether oxygens (including phenoxy) is 5. The van der Waals surface area contributed by atoms with Gasteiger partial charge in [-0.3, -0.25) is 0 Å². The van der Waals surface area contributed by atoms with E-state index in [0.29, 0.717) is 24.5 Å². The summed E-state index contributed by atoms with van der Waals surface area (Å²) in [5, 5.41) is 0. The Morgan fingerprint density at radius 1 is 1.07 bits per heavy atom. The van der Waals surface area contributed by atoms with Gasteiger partial charge >= 0.3 is 0 Å². The summed E-state index contributed by atoms with van der Waals surface area (Å²) in [6.45, 7) is 9.90. The fourth-order valence-corrected chi connectivity index (χ4v) is 4.53. The average Bonchev–Trinajstić information content (AvgIpc) is 3.30. The van der Waals surface area contributed by atoms with Crippen molar-refractivity contribution in [3.8, 4) is 11.5 Å². The summed E-state index contributed by atoms with van der Waals surface area (Å²) in [4.78, 5) is 0. The number of hydrogen-bond donors (Lipinski definition) is 0. The summed E-state index contributed by atoms with van der Waals surface area (Å²) in [5.74, 6) is 3.55. The molecule has 0 bridgehead atoms. The molecule has 4 rings (SSSR count). The van der Waals surface area contributed by atoms with Crippen LogP contribution in [0.4, 0.5) is 0 Å². The maximum absolute atomic E-state index is 6.53. The Morgan fingerprint density at radius 2 is 1.89 bits per heavy atom. The molecule has 1 aromatic carbocycles. The summed E-state index contributed by atoms with van der Waals surface area (Å²) in [6, 6.07) is 5.83. The lowest BCUT2D eigenvalue weighted by molar-refractivity contribution is -0.132. The summed E-state index contributed by atoms with van der Waals surface area (Å²) in [6.07, 6.45) is 3.63. The van der Waals surface area contributed by atoms with E-state index in [2.05, 4.69) is 27.7 Å². The molecule has 5 heteroatoms. The quantitative estimate of drug-likeness (QED) is 0.746. The minimum Gasteiger partial charge on any atom is -0.454 e. The van der Waals surface area contributed by atoms with Gasteiger partial charge in [-0.1, -0.05) is 27.2 Å². The molecule has 0 N–H and O–H groups in total. The van der Waals surface area contributed by atoms with Crippen LogP contribution >= 0.6 is 0 Å². The van der Waals surface area contributed by atoms with E-state index in [4.69, 9.17) is 23.7 Å². The summed E-state index contributed by atoms with van der Waals surface area (Å²) in [7, 11) is 0. The second-order valence-corrected chi connectivity index (χ2v) is 8.66. The van der Waals surface area contributed by atoms with Crippen molar-refractivity contribution >= 4 is 0 Å². The van der Waals surface area contributed by atoms with Gasteiger partial charge < -0.3 is 23.7 Å².